The molecule has 0 aromatic rings. The molecule has 380 valence electrons. The number of unbranched alkanes of at least 4 members (excludes halogenated alkanes) is 13. The van der Waals surface area contributed by atoms with Gasteiger partial charge in [0.15, 0.2) is 0 Å². The lowest BCUT2D eigenvalue weighted by atomic mass is 10.0. The van der Waals surface area contributed by atoms with Crippen LogP contribution in [0.2, 0.25) is 0 Å². The fourth-order valence-corrected chi connectivity index (χ4v) is 7.11. The Labute approximate surface area is 395 Å². The van der Waals surface area contributed by atoms with E-state index in [9.17, 15) is 48.6 Å². The van der Waals surface area contributed by atoms with Gasteiger partial charge in [0.25, 0.3) is 0 Å². The van der Waals surface area contributed by atoms with Gasteiger partial charge in [-0.15, -0.1) is 0 Å². The predicted molar refractivity (Wildman–Crippen MR) is 253 cm³/mol. The second kappa shape index (κ2) is 43.2. The minimum Gasteiger partial charge on any atom is -0.480 e. The molecule has 0 aromatic heterocycles. The Morgan fingerprint density at radius 3 is 1.64 bits per heavy atom. The van der Waals surface area contributed by atoms with Crippen LogP contribution in [-0.4, -0.2) is 134 Å². The highest BCUT2D eigenvalue weighted by Gasteiger charge is 2.24. The van der Waals surface area contributed by atoms with Crippen molar-refractivity contribution in [3.63, 3.8) is 0 Å². The van der Waals surface area contributed by atoms with E-state index in [1.54, 1.807) is 7.05 Å². The summed E-state index contributed by atoms with van der Waals surface area (Å²) in [6.45, 7) is 0.449. The normalized spacial score (nSPS) is 12.6. The molecule has 1 unspecified atom stereocenters. The van der Waals surface area contributed by atoms with E-state index in [-0.39, 0.29) is 57.4 Å². The maximum Gasteiger partial charge on any atom is 0.326 e. The monoisotopic (exact) mass is 960 g/mol. The molecule has 0 spiro atoms. The molecule has 5 amide bonds. The number of hydrazine groups is 1. The van der Waals surface area contributed by atoms with Gasteiger partial charge in [-0.05, 0) is 51.4 Å². The van der Waals surface area contributed by atoms with Crippen molar-refractivity contribution < 1.29 is 58.0 Å². The van der Waals surface area contributed by atoms with Gasteiger partial charge in [0, 0.05) is 58.0 Å². The molecule has 0 heterocycles. The minimum absolute atomic E-state index is 0.0122. The third kappa shape index (κ3) is 38.8. The molecule has 12 N–H and O–H groups in total. The maximum absolute atomic E-state index is 12.4. The van der Waals surface area contributed by atoms with Gasteiger partial charge >= 0.3 is 11.9 Å². The molecule has 0 radical (unpaired) electrons. The molecule has 0 aliphatic rings. The van der Waals surface area contributed by atoms with E-state index in [4.69, 9.17) is 21.1 Å². The third-order valence-corrected chi connectivity index (χ3v) is 11.2. The first-order valence-electron chi connectivity index (χ1n) is 23.6. The van der Waals surface area contributed by atoms with Crippen LogP contribution in [0.3, 0.4) is 0 Å². The smallest absolute Gasteiger partial charge is 0.326 e. The van der Waals surface area contributed by atoms with Crippen molar-refractivity contribution in [3.05, 3.63) is 0 Å². The lowest BCUT2D eigenvalue weighted by Crippen LogP contribution is -2.45. The number of amides is 5. The maximum atomic E-state index is 12.4. The number of rotatable bonds is 45. The Morgan fingerprint density at radius 2 is 1.08 bits per heavy atom. The summed E-state index contributed by atoms with van der Waals surface area (Å²) in [6.07, 6.45) is 19.2. The second-order valence-corrected chi connectivity index (χ2v) is 16.9. The van der Waals surface area contributed by atoms with Crippen molar-refractivity contribution in [2.24, 2.45) is 16.6 Å². The molecule has 0 saturated carbocycles. The Bertz CT molecular complexity index is 1410. The lowest BCUT2D eigenvalue weighted by molar-refractivity contribution is -0.144. The van der Waals surface area contributed by atoms with Gasteiger partial charge in [-0.2, -0.15) is 0 Å². The van der Waals surface area contributed by atoms with Crippen LogP contribution in [0.25, 0.3) is 0 Å². The number of hydrogen-bond acceptors (Lipinski definition) is 14. The number of carbonyl (C=O) groups is 8. The SMILES string of the molecule is CN=C(CCCCCCCCCCCCCCCC(=O)NSCCCC(=O)NCCOCCOCC(=O)N[C@@H](CCC(=O)N[C@@H](CCC(=O)NCCCCC(N)C=O)C(=O)O)C(=O)O)NN. The van der Waals surface area contributed by atoms with Gasteiger partial charge in [0.05, 0.1) is 25.9 Å². The highest BCUT2D eigenvalue weighted by Crippen LogP contribution is 2.14. The van der Waals surface area contributed by atoms with E-state index in [0.29, 0.717) is 57.1 Å². The van der Waals surface area contributed by atoms with Crippen molar-refractivity contribution >= 4 is 65.5 Å². The average Bonchev–Trinajstić information content (AvgIpc) is 3.29. The predicted octanol–water partition coefficient (Wildman–Crippen LogP) is 2.54. The highest BCUT2D eigenvalue weighted by atomic mass is 32.2. The van der Waals surface area contributed by atoms with E-state index in [0.717, 1.165) is 37.9 Å². The van der Waals surface area contributed by atoms with Crippen molar-refractivity contribution in [2.75, 3.05) is 52.3 Å². The van der Waals surface area contributed by atoms with E-state index in [1.807, 2.05) is 0 Å². The van der Waals surface area contributed by atoms with E-state index in [2.05, 4.69) is 36.4 Å². The summed E-state index contributed by atoms with van der Waals surface area (Å²) in [5.41, 5.74) is 8.14. The largest absolute Gasteiger partial charge is 0.480 e. The quantitative estimate of drug-likeness (QED) is 0.00797. The van der Waals surface area contributed by atoms with Gasteiger partial charge in [0.1, 0.15) is 30.8 Å². The number of aliphatic imine (C=N–C) groups is 1. The summed E-state index contributed by atoms with van der Waals surface area (Å²) < 4.78 is 13.5. The van der Waals surface area contributed by atoms with Crippen LogP contribution in [0, 0.1) is 0 Å². The number of hydrogen-bond donors (Lipinski definition) is 10. The summed E-state index contributed by atoms with van der Waals surface area (Å²) >= 11 is 1.31. The number of aliphatic carboxylic acids is 2. The molecule has 0 saturated heterocycles. The first-order chi connectivity index (χ1) is 31.8. The Kier molecular flexibility index (Phi) is 40.3. The van der Waals surface area contributed by atoms with Gasteiger partial charge in [-0.3, -0.25) is 29.0 Å². The molecule has 0 bridgehead atoms. The number of carboxylic acid groups (broad SMARTS) is 2. The molecular weight excluding hydrogens is 879 g/mol. The zero-order valence-electron chi connectivity index (χ0n) is 39.2. The molecule has 0 aliphatic carbocycles. The number of ether oxygens (including phenoxy) is 2. The number of amidine groups is 1. The zero-order chi connectivity index (χ0) is 49.0. The second-order valence-electron chi connectivity index (χ2n) is 16.0. The first kappa shape index (κ1) is 61.6. The lowest BCUT2D eigenvalue weighted by Gasteiger charge is -2.17. The standard InChI is InChI=1S/C44H81N9O12S/c1-47-37(52-46)19-13-11-9-7-5-3-2-4-6-8-10-12-14-20-41(58)53-66-31-17-21-38(55)49-27-28-64-29-30-65-33-42(59)51-36(44(62)63)23-25-40(57)50-35(43(60)61)22-24-39(56)48-26-16-15-18-34(45)32-54/h32,34-36H,2-31,33,45-46H2,1H3,(H,47,52)(H,48,56)(H,49,55)(H,50,57)(H,51,59)(H,53,58)(H,60,61)(H,62,63)/t34?,35-,36-/m0/s1. The highest BCUT2D eigenvalue weighted by molar-refractivity contribution is 7.97. The Morgan fingerprint density at radius 1 is 0.576 bits per heavy atom. The molecule has 21 nitrogen and oxygen atoms in total. The fraction of sp³-hybridized carbons (Fsp3) is 0.795. The number of aldehydes is 1. The van der Waals surface area contributed by atoms with Crippen molar-refractivity contribution in [2.45, 2.75) is 172 Å². The van der Waals surface area contributed by atoms with Crippen LogP contribution in [-0.2, 0) is 47.8 Å². The van der Waals surface area contributed by atoms with Crippen molar-refractivity contribution in [1.29, 1.82) is 0 Å². The summed E-state index contributed by atoms with van der Waals surface area (Å²) in [5, 5.41) is 28.9. The van der Waals surface area contributed by atoms with Crippen LogP contribution in [0.15, 0.2) is 4.99 Å². The molecule has 22 heteroatoms. The number of nitrogens with zero attached hydrogens (tertiary/aromatic N) is 1. The van der Waals surface area contributed by atoms with Gasteiger partial charge in [0.2, 0.25) is 29.5 Å². The van der Waals surface area contributed by atoms with Gasteiger partial charge in [-0.25, -0.2) is 15.4 Å². The Hall–Kier alpha value is -4.38. The topological polar surface area (TPSA) is 332 Å². The first-order valence-corrected chi connectivity index (χ1v) is 24.6. The number of carboxylic acids is 2. The van der Waals surface area contributed by atoms with E-state index >= 15 is 0 Å². The summed E-state index contributed by atoms with van der Waals surface area (Å²) in [5.74, 6) is 2.06. The Balaban J connectivity index is 3.85. The molecule has 0 fully saturated rings. The molecule has 3 atom stereocenters. The van der Waals surface area contributed by atoms with Crippen molar-refractivity contribution in [1.82, 2.24) is 31.4 Å². The van der Waals surface area contributed by atoms with Crippen LogP contribution < -0.4 is 43.0 Å². The number of nitrogens with one attached hydrogen (secondary N) is 6. The third-order valence-electron chi connectivity index (χ3n) is 10.3. The zero-order valence-corrected chi connectivity index (χ0v) is 40.0. The fourth-order valence-electron chi connectivity index (χ4n) is 6.45. The minimum atomic E-state index is -1.44. The van der Waals surface area contributed by atoms with Gasteiger partial charge < -0.3 is 61.6 Å². The van der Waals surface area contributed by atoms with Gasteiger partial charge in [-0.1, -0.05) is 82.6 Å². The van der Waals surface area contributed by atoms with E-state index in [1.165, 1.54) is 69.7 Å². The molecule has 66 heavy (non-hydrogen) atoms. The van der Waals surface area contributed by atoms with Crippen LogP contribution in [0.4, 0.5) is 0 Å². The molecule has 0 rings (SSSR count). The summed E-state index contributed by atoms with van der Waals surface area (Å²) in [7, 11) is 1.75. The molecular formula is C44H81N9O12S. The van der Waals surface area contributed by atoms with Crippen LogP contribution >= 0.6 is 11.9 Å². The summed E-state index contributed by atoms with van der Waals surface area (Å²) in [4.78, 5) is 98.9. The van der Waals surface area contributed by atoms with Crippen LogP contribution in [0.1, 0.15) is 154 Å². The average molecular weight is 960 g/mol. The molecule has 0 aliphatic heterocycles. The van der Waals surface area contributed by atoms with E-state index < -0.39 is 60.8 Å². The molecule has 0 aromatic carbocycles. The number of nitrogens with two attached hydrogens (primary N) is 2. The number of carbonyl (C=O) groups excluding carboxylic acids is 6. The summed E-state index contributed by atoms with van der Waals surface area (Å²) in [6, 6.07) is -3.38. The van der Waals surface area contributed by atoms with Crippen molar-refractivity contribution in [3.8, 4) is 0 Å². The van der Waals surface area contributed by atoms with Crippen LogP contribution in [0.5, 0.6) is 0 Å².